The summed E-state index contributed by atoms with van der Waals surface area (Å²) in [7, 11) is -1.04. The molecule has 0 radical (unpaired) electrons. The minimum atomic E-state index is -2.81. The Labute approximate surface area is 69.1 Å². The van der Waals surface area contributed by atoms with Gasteiger partial charge in [-0.25, -0.2) is 8.42 Å². The van der Waals surface area contributed by atoms with Gasteiger partial charge in [0.25, 0.3) is 0 Å². The van der Waals surface area contributed by atoms with Crippen molar-refractivity contribution in [1.82, 2.24) is 5.32 Å². The maximum atomic E-state index is 11.2. The first-order chi connectivity index (χ1) is 5.02. The normalized spacial score (nSPS) is 14.8. The monoisotopic (exact) mass is 179 g/mol. The van der Waals surface area contributed by atoms with Crippen LogP contribution in [0.15, 0.2) is 0 Å². The average molecular weight is 179 g/mol. The molecule has 0 aliphatic heterocycles. The summed E-state index contributed by atoms with van der Waals surface area (Å²) < 4.78 is 22.3. The second-order valence-electron chi connectivity index (χ2n) is 2.80. The smallest absolute Gasteiger partial charge is 0.151 e. The van der Waals surface area contributed by atoms with E-state index in [-0.39, 0.29) is 11.8 Å². The molecule has 3 nitrogen and oxygen atoms in total. The van der Waals surface area contributed by atoms with E-state index in [1.165, 1.54) is 0 Å². The second-order valence-corrected chi connectivity index (χ2v) is 5.03. The highest BCUT2D eigenvalue weighted by Crippen LogP contribution is 1.96. The van der Waals surface area contributed by atoms with Gasteiger partial charge in [-0.2, -0.15) is 0 Å². The molecule has 0 rings (SSSR count). The van der Waals surface area contributed by atoms with E-state index in [1.807, 2.05) is 13.8 Å². The van der Waals surface area contributed by atoms with Crippen LogP contribution in [0.1, 0.15) is 20.3 Å². The van der Waals surface area contributed by atoms with Crippen LogP contribution in [0.3, 0.4) is 0 Å². The van der Waals surface area contributed by atoms with Crippen LogP contribution in [0.25, 0.3) is 0 Å². The van der Waals surface area contributed by atoms with Gasteiger partial charge in [-0.05, 0) is 20.4 Å². The number of hydrogen-bond donors (Lipinski definition) is 1. The maximum Gasteiger partial charge on any atom is 0.151 e. The highest BCUT2D eigenvalue weighted by Gasteiger charge is 2.12. The summed E-state index contributed by atoms with van der Waals surface area (Å²) >= 11 is 0. The van der Waals surface area contributed by atoms with E-state index in [0.717, 1.165) is 0 Å². The Morgan fingerprint density at radius 1 is 1.45 bits per heavy atom. The van der Waals surface area contributed by atoms with E-state index in [0.29, 0.717) is 12.2 Å². The molecule has 0 aliphatic carbocycles. The van der Waals surface area contributed by atoms with Crippen LogP contribution in [0.4, 0.5) is 0 Å². The van der Waals surface area contributed by atoms with Crippen LogP contribution in [0, 0.1) is 0 Å². The SMILES string of the molecule is CCCS(=O)(=O)CC(C)NC. The molecule has 1 unspecified atom stereocenters. The Balaban J connectivity index is 3.92. The maximum absolute atomic E-state index is 11.2. The van der Waals surface area contributed by atoms with Crippen molar-refractivity contribution in [2.24, 2.45) is 0 Å². The molecular weight excluding hydrogens is 162 g/mol. The Kier molecular flexibility index (Phi) is 4.68. The van der Waals surface area contributed by atoms with Crippen molar-refractivity contribution in [3.8, 4) is 0 Å². The molecule has 1 N–H and O–H groups in total. The largest absolute Gasteiger partial charge is 0.316 e. The number of rotatable bonds is 5. The van der Waals surface area contributed by atoms with Gasteiger partial charge in [-0.1, -0.05) is 6.92 Å². The molecule has 0 amide bonds. The van der Waals surface area contributed by atoms with E-state index in [1.54, 1.807) is 7.05 Å². The van der Waals surface area contributed by atoms with Crippen LogP contribution >= 0.6 is 0 Å². The third-order valence-corrected chi connectivity index (χ3v) is 3.55. The van der Waals surface area contributed by atoms with Gasteiger partial charge < -0.3 is 5.32 Å². The average Bonchev–Trinajstić information content (AvgIpc) is 1.86. The highest BCUT2D eigenvalue weighted by atomic mass is 32.2. The first-order valence-corrected chi connectivity index (χ1v) is 5.71. The molecule has 0 aromatic rings. The van der Waals surface area contributed by atoms with Gasteiger partial charge in [-0.3, -0.25) is 0 Å². The predicted molar refractivity (Wildman–Crippen MR) is 47.5 cm³/mol. The van der Waals surface area contributed by atoms with Crippen molar-refractivity contribution in [3.63, 3.8) is 0 Å². The molecule has 0 heterocycles. The number of sulfone groups is 1. The summed E-state index contributed by atoms with van der Waals surface area (Å²) in [6, 6.07) is 0.0616. The molecule has 11 heavy (non-hydrogen) atoms. The van der Waals surface area contributed by atoms with Gasteiger partial charge >= 0.3 is 0 Å². The van der Waals surface area contributed by atoms with Crippen LogP contribution in [0.2, 0.25) is 0 Å². The van der Waals surface area contributed by atoms with Crippen molar-refractivity contribution in [1.29, 1.82) is 0 Å². The molecule has 0 saturated carbocycles. The van der Waals surface area contributed by atoms with E-state index in [2.05, 4.69) is 5.32 Å². The minimum absolute atomic E-state index is 0.0616. The lowest BCUT2D eigenvalue weighted by atomic mass is 10.4. The van der Waals surface area contributed by atoms with Crippen LogP contribution in [-0.2, 0) is 9.84 Å². The van der Waals surface area contributed by atoms with Gasteiger partial charge in [0.05, 0.1) is 5.75 Å². The highest BCUT2D eigenvalue weighted by molar-refractivity contribution is 7.91. The van der Waals surface area contributed by atoms with E-state index >= 15 is 0 Å². The summed E-state index contributed by atoms with van der Waals surface area (Å²) in [4.78, 5) is 0. The molecule has 0 fully saturated rings. The molecule has 0 bridgehead atoms. The Bertz CT molecular complexity index is 187. The summed E-state index contributed by atoms with van der Waals surface area (Å²) in [5.41, 5.74) is 0. The number of nitrogens with one attached hydrogen (secondary N) is 1. The lowest BCUT2D eigenvalue weighted by Gasteiger charge is -2.09. The van der Waals surface area contributed by atoms with Crippen molar-refractivity contribution in [2.75, 3.05) is 18.6 Å². The van der Waals surface area contributed by atoms with Crippen molar-refractivity contribution in [2.45, 2.75) is 26.3 Å². The van der Waals surface area contributed by atoms with Gasteiger partial charge in [0.1, 0.15) is 0 Å². The van der Waals surface area contributed by atoms with Crippen molar-refractivity contribution < 1.29 is 8.42 Å². The third kappa shape index (κ3) is 5.21. The van der Waals surface area contributed by atoms with Crippen LogP contribution in [-0.4, -0.2) is 33.0 Å². The van der Waals surface area contributed by atoms with E-state index in [9.17, 15) is 8.42 Å². The molecule has 68 valence electrons. The molecule has 0 saturated heterocycles. The van der Waals surface area contributed by atoms with Crippen LogP contribution < -0.4 is 5.32 Å². The second kappa shape index (κ2) is 4.72. The third-order valence-electron chi connectivity index (χ3n) is 1.51. The standard InChI is InChI=1S/C7H17NO2S/c1-4-5-11(9,10)6-7(2)8-3/h7-8H,4-6H2,1-3H3. The lowest BCUT2D eigenvalue weighted by molar-refractivity contribution is 0.577. The summed E-state index contributed by atoms with van der Waals surface area (Å²) in [5.74, 6) is 0.552. The first-order valence-electron chi connectivity index (χ1n) is 3.89. The van der Waals surface area contributed by atoms with Crippen LogP contribution in [0.5, 0.6) is 0 Å². The summed E-state index contributed by atoms with van der Waals surface area (Å²) in [6.07, 6.45) is 0.707. The van der Waals surface area contributed by atoms with Gasteiger partial charge in [0, 0.05) is 11.8 Å². The molecule has 0 aliphatic rings. The lowest BCUT2D eigenvalue weighted by Crippen LogP contribution is -2.30. The zero-order valence-corrected chi connectivity index (χ0v) is 8.24. The predicted octanol–water partition coefficient (Wildman–Crippen LogP) is 0.419. The molecule has 1 atom stereocenters. The topological polar surface area (TPSA) is 46.2 Å². The summed E-state index contributed by atoms with van der Waals surface area (Å²) in [5, 5.41) is 2.90. The number of hydrogen-bond acceptors (Lipinski definition) is 3. The molecule has 0 aromatic heterocycles. The quantitative estimate of drug-likeness (QED) is 0.665. The Morgan fingerprint density at radius 3 is 2.36 bits per heavy atom. The van der Waals surface area contributed by atoms with Crippen molar-refractivity contribution in [3.05, 3.63) is 0 Å². The molecule has 4 heteroatoms. The molecule has 0 aromatic carbocycles. The first kappa shape index (κ1) is 10.9. The molecular formula is C7H17NO2S. The van der Waals surface area contributed by atoms with E-state index < -0.39 is 9.84 Å². The summed E-state index contributed by atoms with van der Waals surface area (Å²) in [6.45, 7) is 3.74. The van der Waals surface area contributed by atoms with Gasteiger partial charge in [0.2, 0.25) is 0 Å². The van der Waals surface area contributed by atoms with Gasteiger partial charge in [-0.15, -0.1) is 0 Å². The Morgan fingerprint density at radius 2 is 2.00 bits per heavy atom. The Hall–Kier alpha value is -0.0900. The fourth-order valence-corrected chi connectivity index (χ4v) is 2.58. The van der Waals surface area contributed by atoms with Gasteiger partial charge in [0.15, 0.2) is 9.84 Å². The minimum Gasteiger partial charge on any atom is -0.316 e. The zero-order chi connectivity index (χ0) is 8.91. The van der Waals surface area contributed by atoms with Crippen molar-refractivity contribution >= 4 is 9.84 Å². The zero-order valence-electron chi connectivity index (χ0n) is 7.42. The molecule has 0 spiro atoms. The van der Waals surface area contributed by atoms with E-state index in [4.69, 9.17) is 0 Å². The fraction of sp³-hybridized carbons (Fsp3) is 1.00. The fourth-order valence-electron chi connectivity index (χ4n) is 0.859.